The topological polar surface area (TPSA) is 78.9 Å². The van der Waals surface area contributed by atoms with Crippen molar-refractivity contribution in [2.75, 3.05) is 6.61 Å². The summed E-state index contributed by atoms with van der Waals surface area (Å²) in [4.78, 5) is 26.8. The number of nitrogens with one attached hydrogen (secondary N) is 1. The maximum Gasteiger partial charge on any atom is 0.416 e. The van der Waals surface area contributed by atoms with Crippen LogP contribution in [0.4, 0.5) is 4.79 Å². The Labute approximate surface area is 184 Å². The van der Waals surface area contributed by atoms with Crippen molar-refractivity contribution in [2.24, 2.45) is 5.92 Å². The maximum atomic E-state index is 13.2. The Morgan fingerprint density at radius 1 is 1.13 bits per heavy atom. The molecule has 1 unspecified atom stereocenters. The summed E-state index contributed by atoms with van der Waals surface area (Å²) < 4.78 is 5.19. The molecule has 1 aliphatic rings. The molecule has 2 amide bonds. The Bertz CT molecular complexity index is 843. The number of hydrogen-bond donors (Lipinski definition) is 2. The van der Waals surface area contributed by atoms with E-state index < -0.39 is 18.1 Å². The summed E-state index contributed by atoms with van der Waals surface area (Å²) in [6.07, 6.45) is -0.0513. The third-order valence-corrected chi connectivity index (χ3v) is 5.83. The van der Waals surface area contributed by atoms with Crippen LogP contribution >= 0.6 is 0 Å². The van der Waals surface area contributed by atoms with Crippen LogP contribution in [0.5, 0.6) is 0 Å². The van der Waals surface area contributed by atoms with Crippen LogP contribution in [0.25, 0.3) is 0 Å². The molecule has 166 valence electrons. The van der Waals surface area contributed by atoms with Gasteiger partial charge in [-0.3, -0.25) is 4.79 Å². The van der Waals surface area contributed by atoms with Gasteiger partial charge in [0.25, 0.3) is 0 Å². The monoisotopic (exact) mass is 424 g/mol. The normalized spacial score (nSPS) is 19.0. The summed E-state index contributed by atoms with van der Waals surface area (Å²) in [6, 6.07) is 19.4. The van der Waals surface area contributed by atoms with Gasteiger partial charge in [-0.25, -0.2) is 9.69 Å². The van der Waals surface area contributed by atoms with Crippen molar-refractivity contribution < 1.29 is 19.4 Å². The Morgan fingerprint density at radius 3 is 2.35 bits per heavy atom. The predicted octanol–water partition coefficient (Wildman–Crippen LogP) is 3.53. The fourth-order valence-electron chi connectivity index (χ4n) is 4.05. The Morgan fingerprint density at radius 2 is 1.74 bits per heavy atom. The van der Waals surface area contributed by atoms with Crippen LogP contribution in [-0.2, 0) is 22.5 Å². The van der Waals surface area contributed by atoms with Crippen LogP contribution in [0.2, 0.25) is 0 Å². The Balaban J connectivity index is 1.59. The quantitative estimate of drug-likeness (QED) is 0.610. The molecule has 0 aromatic heterocycles. The number of rotatable bonds is 10. The molecule has 3 rings (SSSR count). The van der Waals surface area contributed by atoms with Gasteiger partial charge in [-0.15, -0.1) is 0 Å². The molecule has 0 saturated carbocycles. The van der Waals surface area contributed by atoms with Gasteiger partial charge in [-0.1, -0.05) is 67.6 Å². The number of nitrogens with zero attached hydrogens (tertiary/aromatic N) is 1. The molecule has 0 aliphatic carbocycles. The first-order chi connectivity index (χ1) is 15.0. The highest BCUT2D eigenvalue weighted by Gasteiger charge is 2.42. The van der Waals surface area contributed by atoms with Gasteiger partial charge < -0.3 is 15.2 Å². The average molecular weight is 425 g/mol. The number of amides is 2. The first-order valence-corrected chi connectivity index (χ1v) is 11.0. The molecule has 1 heterocycles. The zero-order valence-electron chi connectivity index (χ0n) is 18.2. The summed E-state index contributed by atoms with van der Waals surface area (Å²) in [6.45, 7) is 4.73. The van der Waals surface area contributed by atoms with E-state index in [-0.39, 0.29) is 24.6 Å². The molecule has 0 radical (unpaired) electrons. The van der Waals surface area contributed by atoms with Crippen LogP contribution in [0, 0.1) is 5.92 Å². The van der Waals surface area contributed by atoms with Gasteiger partial charge in [-0.2, -0.15) is 0 Å². The van der Waals surface area contributed by atoms with Gasteiger partial charge in [-0.05, 0) is 37.3 Å². The number of ether oxygens (including phenoxy) is 1. The molecule has 1 saturated heterocycles. The molecule has 31 heavy (non-hydrogen) atoms. The Hall–Kier alpha value is -2.70. The lowest BCUT2D eigenvalue weighted by Gasteiger charge is -2.28. The van der Waals surface area contributed by atoms with E-state index in [0.717, 1.165) is 11.1 Å². The van der Waals surface area contributed by atoms with E-state index in [0.29, 0.717) is 25.8 Å². The van der Waals surface area contributed by atoms with Crippen LogP contribution < -0.4 is 5.32 Å². The number of aliphatic hydroxyl groups is 1. The number of carbonyl (C=O) groups is 2. The molecule has 6 heteroatoms. The van der Waals surface area contributed by atoms with Crippen molar-refractivity contribution in [1.29, 1.82) is 0 Å². The molecule has 0 spiro atoms. The second kappa shape index (κ2) is 11.1. The lowest BCUT2D eigenvalue weighted by Crippen LogP contribution is -2.47. The third-order valence-electron chi connectivity index (χ3n) is 5.83. The first-order valence-electron chi connectivity index (χ1n) is 11.0. The van der Waals surface area contributed by atoms with Gasteiger partial charge in [0.05, 0.1) is 18.1 Å². The molecular formula is C25H32N2O4. The minimum absolute atomic E-state index is 0.0164. The van der Waals surface area contributed by atoms with Gasteiger partial charge in [0.15, 0.2) is 0 Å². The van der Waals surface area contributed by atoms with E-state index in [9.17, 15) is 14.7 Å². The SMILES string of the molecule is CC[C@@H](C(=O)N1C(=O)OCC1Cc1ccccc1)[C@@H](O)C[C@@H](C)NCc1ccccc1. The van der Waals surface area contributed by atoms with E-state index in [2.05, 4.69) is 5.32 Å². The lowest BCUT2D eigenvalue weighted by molar-refractivity contribution is -0.137. The van der Waals surface area contributed by atoms with Crippen molar-refractivity contribution in [1.82, 2.24) is 10.2 Å². The fourth-order valence-corrected chi connectivity index (χ4v) is 4.05. The van der Waals surface area contributed by atoms with E-state index in [1.807, 2.05) is 74.5 Å². The van der Waals surface area contributed by atoms with Crippen LogP contribution in [0.1, 0.15) is 37.8 Å². The molecule has 2 N–H and O–H groups in total. The standard InChI is InChI=1S/C25H32N2O4/c1-3-22(23(28)14-18(2)26-16-20-12-8-5-9-13-20)24(29)27-21(17-31-25(27)30)15-19-10-6-4-7-11-19/h4-13,18,21-23,26,28H,3,14-17H2,1-2H3/t18-,21?,22-,23+/m1/s1. The Kier molecular flexibility index (Phi) is 8.20. The molecule has 1 aliphatic heterocycles. The van der Waals surface area contributed by atoms with Crippen molar-refractivity contribution in [3.63, 3.8) is 0 Å². The van der Waals surface area contributed by atoms with Crippen molar-refractivity contribution in [2.45, 2.75) is 57.8 Å². The molecule has 0 bridgehead atoms. The van der Waals surface area contributed by atoms with Crippen LogP contribution in [-0.4, -0.2) is 46.8 Å². The molecule has 4 atom stereocenters. The van der Waals surface area contributed by atoms with Crippen molar-refractivity contribution >= 4 is 12.0 Å². The fraction of sp³-hybridized carbons (Fsp3) is 0.440. The lowest BCUT2D eigenvalue weighted by atomic mass is 9.92. The van der Waals surface area contributed by atoms with E-state index >= 15 is 0 Å². The van der Waals surface area contributed by atoms with Gasteiger partial charge in [0.2, 0.25) is 5.91 Å². The number of hydrogen-bond acceptors (Lipinski definition) is 5. The molecule has 6 nitrogen and oxygen atoms in total. The molecule has 2 aromatic carbocycles. The van der Waals surface area contributed by atoms with E-state index in [4.69, 9.17) is 4.74 Å². The van der Waals surface area contributed by atoms with Gasteiger partial charge in [0.1, 0.15) is 6.61 Å². The largest absolute Gasteiger partial charge is 0.447 e. The number of cyclic esters (lactones) is 1. The number of aliphatic hydroxyl groups excluding tert-OH is 1. The minimum Gasteiger partial charge on any atom is -0.447 e. The second-order valence-corrected chi connectivity index (χ2v) is 8.21. The van der Waals surface area contributed by atoms with Gasteiger partial charge >= 0.3 is 6.09 Å². The number of benzene rings is 2. The van der Waals surface area contributed by atoms with Crippen molar-refractivity contribution in [3.05, 3.63) is 71.8 Å². The van der Waals surface area contributed by atoms with E-state index in [1.165, 1.54) is 4.90 Å². The second-order valence-electron chi connectivity index (χ2n) is 8.21. The summed E-state index contributed by atoms with van der Waals surface area (Å²) in [7, 11) is 0. The smallest absolute Gasteiger partial charge is 0.416 e. The highest BCUT2D eigenvalue weighted by atomic mass is 16.6. The highest BCUT2D eigenvalue weighted by Crippen LogP contribution is 2.24. The van der Waals surface area contributed by atoms with Crippen molar-refractivity contribution in [3.8, 4) is 0 Å². The van der Waals surface area contributed by atoms with Gasteiger partial charge in [0, 0.05) is 12.6 Å². The first kappa shape index (κ1) is 23.0. The summed E-state index contributed by atoms with van der Waals surface area (Å²) in [5.74, 6) is -1.00. The predicted molar refractivity (Wildman–Crippen MR) is 119 cm³/mol. The molecule has 1 fully saturated rings. The summed E-state index contributed by atoms with van der Waals surface area (Å²) in [5.41, 5.74) is 2.20. The molecule has 2 aromatic rings. The zero-order valence-corrected chi connectivity index (χ0v) is 18.2. The third kappa shape index (κ3) is 6.15. The highest BCUT2D eigenvalue weighted by molar-refractivity contribution is 5.95. The molecular weight excluding hydrogens is 392 g/mol. The van der Waals surface area contributed by atoms with Crippen LogP contribution in [0.3, 0.4) is 0 Å². The average Bonchev–Trinajstić information content (AvgIpc) is 3.14. The summed E-state index contributed by atoms with van der Waals surface area (Å²) >= 11 is 0. The summed E-state index contributed by atoms with van der Waals surface area (Å²) in [5, 5.41) is 14.2. The zero-order chi connectivity index (χ0) is 22.2. The van der Waals surface area contributed by atoms with Crippen LogP contribution in [0.15, 0.2) is 60.7 Å². The maximum absolute atomic E-state index is 13.2. The number of carbonyl (C=O) groups excluding carboxylic acids is 2. The number of imide groups is 1. The minimum atomic E-state index is -0.846. The van der Waals surface area contributed by atoms with E-state index in [1.54, 1.807) is 0 Å².